The molecule has 0 saturated heterocycles. The van der Waals surface area contributed by atoms with Gasteiger partial charge in [-0.15, -0.1) is 11.8 Å². The highest BCUT2D eigenvalue weighted by Gasteiger charge is 2.42. The Bertz CT molecular complexity index is 916. The predicted octanol–water partition coefficient (Wildman–Crippen LogP) is 6.35. The number of allylic oxidation sites excluding steroid dienone is 1. The van der Waals surface area contributed by atoms with Crippen LogP contribution >= 0.6 is 11.8 Å². The minimum atomic E-state index is -3.35. The van der Waals surface area contributed by atoms with Crippen LogP contribution in [0.5, 0.6) is 0 Å². The van der Waals surface area contributed by atoms with E-state index in [-0.39, 0.29) is 11.5 Å². The number of ether oxygens (including phenoxy) is 1. The summed E-state index contributed by atoms with van der Waals surface area (Å²) in [6.45, 7) is 1.30. The number of rotatable bonds is 8. The average molecular weight is 472 g/mol. The van der Waals surface area contributed by atoms with Gasteiger partial charge in [-0.25, -0.2) is 22.4 Å². The lowest BCUT2D eigenvalue weighted by atomic mass is 9.97. The number of thioether (sulfide) groups is 1. The lowest BCUT2D eigenvalue weighted by Crippen LogP contribution is -2.33. The summed E-state index contributed by atoms with van der Waals surface area (Å²) in [4.78, 5) is 13.2. The maximum Gasteiger partial charge on any atom is 0.511 e. The molecule has 4 nitrogen and oxygen atoms in total. The van der Waals surface area contributed by atoms with E-state index >= 15 is 0 Å². The maximum absolute atomic E-state index is 14.6. The average Bonchev–Trinajstić information content (AvgIpc) is 3.30. The molecule has 9 heteroatoms. The Morgan fingerprint density at radius 2 is 1.84 bits per heavy atom. The van der Waals surface area contributed by atoms with E-state index < -0.39 is 35.7 Å². The Labute approximate surface area is 188 Å². The number of carboxylic acid groups (broad SMARTS) is 1. The van der Waals surface area contributed by atoms with Crippen molar-refractivity contribution in [3.8, 4) is 0 Å². The van der Waals surface area contributed by atoms with Gasteiger partial charge in [-0.1, -0.05) is 6.08 Å². The number of hydrogen-bond acceptors (Lipinski definition) is 4. The minimum Gasteiger partial charge on any atom is -0.449 e. The number of nitrogens with zero attached hydrogens (tertiary/aromatic N) is 1. The normalized spacial score (nSPS) is 25.0. The summed E-state index contributed by atoms with van der Waals surface area (Å²) in [6.07, 6.45) is 6.15. The molecule has 2 aliphatic carbocycles. The molecule has 1 N–H and O–H groups in total. The summed E-state index contributed by atoms with van der Waals surface area (Å²) in [5, 5.41) is 9.63. The van der Waals surface area contributed by atoms with Crippen LogP contribution in [0.4, 0.5) is 22.4 Å². The second kappa shape index (κ2) is 9.37. The van der Waals surface area contributed by atoms with Gasteiger partial charge in [0.05, 0.1) is 0 Å². The molecule has 2 saturated carbocycles. The Kier molecular flexibility index (Phi) is 6.74. The first kappa shape index (κ1) is 23.0. The molecule has 1 aliphatic heterocycles. The van der Waals surface area contributed by atoms with E-state index in [1.54, 1.807) is 6.08 Å². The summed E-state index contributed by atoms with van der Waals surface area (Å²) < 4.78 is 60.6. The summed E-state index contributed by atoms with van der Waals surface area (Å²) in [5.41, 5.74) is -0.587. The Hall–Kier alpha value is -2.16. The quantitative estimate of drug-likeness (QED) is 0.354. The number of carbonyl (C=O) groups is 1. The van der Waals surface area contributed by atoms with Gasteiger partial charge in [0.15, 0.2) is 17.4 Å². The molecule has 174 valence electrons. The molecule has 1 heterocycles. The summed E-state index contributed by atoms with van der Waals surface area (Å²) in [7, 11) is 0. The Morgan fingerprint density at radius 1 is 1.16 bits per heavy atom. The SMILES string of the molecule is O=C(O)OC1=C(SCCC(F)(F)c2ccc(F)c(F)c2)N(CC2C3CCC2CC3)CC=C1. The van der Waals surface area contributed by atoms with Crippen molar-refractivity contribution < 1.29 is 32.2 Å². The highest BCUT2D eigenvalue weighted by molar-refractivity contribution is 8.03. The molecule has 1 aromatic rings. The van der Waals surface area contributed by atoms with Crippen LogP contribution in [0.1, 0.15) is 37.7 Å². The molecule has 0 amide bonds. The molecule has 0 spiro atoms. The van der Waals surface area contributed by atoms with E-state index in [4.69, 9.17) is 9.84 Å². The van der Waals surface area contributed by atoms with E-state index in [1.165, 1.54) is 25.7 Å². The van der Waals surface area contributed by atoms with Crippen molar-refractivity contribution in [3.05, 3.63) is 58.3 Å². The molecule has 0 unspecified atom stereocenters. The summed E-state index contributed by atoms with van der Waals surface area (Å²) in [6, 6.07) is 2.09. The third-order valence-electron chi connectivity index (χ3n) is 6.75. The van der Waals surface area contributed by atoms with Crippen molar-refractivity contribution in [2.24, 2.45) is 17.8 Å². The van der Waals surface area contributed by atoms with Crippen molar-refractivity contribution in [2.75, 3.05) is 18.8 Å². The smallest absolute Gasteiger partial charge is 0.449 e. The zero-order valence-electron chi connectivity index (χ0n) is 17.4. The van der Waals surface area contributed by atoms with Crippen molar-refractivity contribution in [3.63, 3.8) is 0 Å². The van der Waals surface area contributed by atoms with Gasteiger partial charge in [0, 0.05) is 30.8 Å². The molecule has 32 heavy (non-hydrogen) atoms. The van der Waals surface area contributed by atoms with Gasteiger partial charge in [-0.2, -0.15) is 0 Å². The predicted molar refractivity (Wildman–Crippen MR) is 113 cm³/mol. The van der Waals surface area contributed by atoms with Gasteiger partial charge < -0.3 is 14.7 Å². The van der Waals surface area contributed by atoms with Crippen molar-refractivity contribution in [1.29, 1.82) is 0 Å². The first-order valence-corrected chi connectivity index (χ1v) is 11.8. The highest BCUT2D eigenvalue weighted by Crippen LogP contribution is 2.50. The van der Waals surface area contributed by atoms with E-state index in [0.717, 1.165) is 24.4 Å². The number of halogens is 4. The number of fused-ring (bicyclic) bond motifs is 2. The molecule has 4 rings (SSSR count). The van der Waals surface area contributed by atoms with Gasteiger partial charge in [0.1, 0.15) is 5.03 Å². The Morgan fingerprint density at radius 3 is 2.47 bits per heavy atom. The summed E-state index contributed by atoms with van der Waals surface area (Å²) >= 11 is 1.11. The van der Waals surface area contributed by atoms with Crippen LogP contribution in [0, 0.1) is 29.4 Å². The maximum atomic E-state index is 14.6. The number of benzene rings is 1. The molecule has 2 fully saturated rings. The fourth-order valence-corrected chi connectivity index (χ4v) is 6.31. The van der Waals surface area contributed by atoms with Crippen LogP contribution in [0.2, 0.25) is 0 Å². The molecule has 0 atom stereocenters. The molecular formula is C23H25F4NO3S. The van der Waals surface area contributed by atoms with Crippen LogP contribution in [-0.2, 0) is 10.7 Å². The molecule has 0 aromatic heterocycles. The largest absolute Gasteiger partial charge is 0.511 e. The van der Waals surface area contributed by atoms with Crippen LogP contribution in [0.3, 0.4) is 0 Å². The molecule has 2 bridgehead atoms. The fraction of sp³-hybridized carbons (Fsp3) is 0.522. The standard InChI is InChI=1S/C23H25F4NO3S/c24-18-8-7-16(12-19(18)25)23(26,27)9-11-32-21-20(31-22(29)30)2-1-10-28(21)13-17-14-3-4-15(17)6-5-14/h1-2,7-8,12,14-15,17H,3-6,9-11,13H2,(H,29,30). The van der Waals surface area contributed by atoms with E-state index in [0.29, 0.717) is 41.5 Å². The lowest BCUT2D eigenvalue weighted by molar-refractivity contribution is -0.00741. The molecule has 3 aliphatic rings. The second-order valence-electron chi connectivity index (χ2n) is 8.62. The van der Waals surface area contributed by atoms with E-state index in [2.05, 4.69) is 0 Å². The number of alkyl halides is 2. The van der Waals surface area contributed by atoms with Crippen LogP contribution in [-0.4, -0.2) is 35.0 Å². The van der Waals surface area contributed by atoms with Crippen LogP contribution in [0.15, 0.2) is 41.1 Å². The molecule has 1 aromatic carbocycles. The van der Waals surface area contributed by atoms with Crippen LogP contribution < -0.4 is 0 Å². The first-order chi connectivity index (χ1) is 15.2. The first-order valence-electron chi connectivity index (χ1n) is 10.8. The monoisotopic (exact) mass is 471 g/mol. The van der Waals surface area contributed by atoms with E-state index in [9.17, 15) is 22.4 Å². The van der Waals surface area contributed by atoms with Gasteiger partial charge in [0.25, 0.3) is 5.92 Å². The zero-order chi connectivity index (χ0) is 22.9. The molecular weight excluding hydrogens is 446 g/mol. The fourth-order valence-electron chi connectivity index (χ4n) is 5.17. The third kappa shape index (κ3) is 4.92. The van der Waals surface area contributed by atoms with Gasteiger partial charge in [0.2, 0.25) is 0 Å². The summed E-state index contributed by atoms with van der Waals surface area (Å²) in [5.74, 6) is -3.90. The zero-order valence-corrected chi connectivity index (χ0v) is 18.2. The van der Waals surface area contributed by atoms with Crippen molar-refractivity contribution in [1.82, 2.24) is 4.90 Å². The van der Waals surface area contributed by atoms with Crippen molar-refractivity contribution >= 4 is 17.9 Å². The van der Waals surface area contributed by atoms with Gasteiger partial charge >= 0.3 is 6.16 Å². The topological polar surface area (TPSA) is 49.8 Å². The number of hydrogen-bond donors (Lipinski definition) is 1. The van der Waals surface area contributed by atoms with E-state index in [1.807, 2.05) is 11.0 Å². The third-order valence-corrected chi connectivity index (χ3v) is 7.89. The lowest BCUT2D eigenvalue weighted by Gasteiger charge is -2.33. The van der Waals surface area contributed by atoms with Crippen LogP contribution in [0.25, 0.3) is 0 Å². The van der Waals surface area contributed by atoms with Gasteiger partial charge in [-0.3, -0.25) is 0 Å². The highest BCUT2D eigenvalue weighted by atomic mass is 32.2. The molecule has 0 radical (unpaired) electrons. The minimum absolute atomic E-state index is 0.0460. The Balaban J connectivity index is 1.46. The van der Waals surface area contributed by atoms with Crippen molar-refractivity contribution in [2.45, 2.75) is 38.0 Å². The van der Waals surface area contributed by atoms with Gasteiger partial charge in [-0.05, 0) is 67.7 Å². The second-order valence-corrected chi connectivity index (χ2v) is 9.70.